The van der Waals surface area contributed by atoms with Gasteiger partial charge in [-0.25, -0.2) is 9.37 Å². The lowest BCUT2D eigenvalue weighted by atomic mass is 10.0. The summed E-state index contributed by atoms with van der Waals surface area (Å²) in [4.78, 5) is 19.2. The molecule has 2 heterocycles. The predicted molar refractivity (Wildman–Crippen MR) is 97.4 cm³/mol. The molecule has 1 aromatic heterocycles. The Morgan fingerprint density at radius 3 is 3.04 bits per heavy atom. The molecular formula is C20H26FN3O2. The van der Waals surface area contributed by atoms with Crippen LogP contribution in [0.1, 0.15) is 53.7 Å². The number of nitrogens with zero attached hydrogens (tertiary/aromatic N) is 2. The minimum atomic E-state index is -0.378. The molecule has 1 aliphatic rings. The lowest BCUT2D eigenvalue weighted by Gasteiger charge is -2.23. The second-order valence-electron chi connectivity index (χ2n) is 6.82. The number of rotatable bonds is 7. The minimum Gasteiger partial charge on any atom is -0.449 e. The van der Waals surface area contributed by atoms with Gasteiger partial charge in [-0.15, -0.1) is 0 Å². The molecule has 0 spiro atoms. The van der Waals surface area contributed by atoms with Gasteiger partial charge in [0.05, 0.1) is 5.69 Å². The van der Waals surface area contributed by atoms with Crippen LogP contribution in [0.4, 0.5) is 4.39 Å². The summed E-state index contributed by atoms with van der Waals surface area (Å²) in [5, 5.41) is 2.95. The SMILES string of the molecule is CCc1ccc(F)cc1C(=O)NCC[C@H]1CCCN1Cc1coc(C)n1. The summed E-state index contributed by atoms with van der Waals surface area (Å²) in [7, 11) is 0. The third-order valence-electron chi connectivity index (χ3n) is 4.99. The number of hydrogen-bond donors (Lipinski definition) is 1. The largest absolute Gasteiger partial charge is 0.449 e. The van der Waals surface area contributed by atoms with Gasteiger partial charge >= 0.3 is 0 Å². The number of nitrogens with one attached hydrogen (secondary N) is 1. The van der Waals surface area contributed by atoms with Crippen LogP contribution >= 0.6 is 0 Å². The summed E-state index contributed by atoms with van der Waals surface area (Å²) in [6.45, 7) is 6.20. The number of likely N-dealkylation sites (tertiary alicyclic amines) is 1. The molecular weight excluding hydrogens is 333 g/mol. The quantitative estimate of drug-likeness (QED) is 0.822. The molecule has 0 bridgehead atoms. The van der Waals surface area contributed by atoms with Crippen LogP contribution in [0.5, 0.6) is 0 Å². The standard InChI is InChI=1S/C20H26FN3O2/c1-3-15-6-7-16(21)11-19(15)20(25)22-9-8-18-5-4-10-24(18)12-17-13-26-14(2)23-17/h6-7,11,13,18H,3-5,8-10,12H2,1-2H3,(H,22,25)/t18-/m1/s1. The van der Waals surface area contributed by atoms with Crippen molar-refractivity contribution in [2.24, 2.45) is 0 Å². The van der Waals surface area contributed by atoms with E-state index < -0.39 is 0 Å². The van der Waals surface area contributed by atoms with Gasteiger partial charge in [-0.05, 0) is 49.9 Å². The van der Waals surface area contributed by atoms with Crippen molar-refractivity contribution in [2.45, 2.75) is 52.1 Å². The molecule has 0 saturated carbocycles. The number of aryl methyl sites for hydroxylation is 2. The second kappa shape index (κ2) is 8.45. The zero-order valence-electron chi connectivity index (χ0n) is 15.4. The molecule has 1 saturated heterocycles. The highest BCUT2D eigenvalue weighted by Gasteiger charge is 2.25. The topological polar surface area (TPSA) is 58.4 Å². The maximum Gasteiger partial charge on any atom is 0.251 e. The Morgan fingerprint density at radius 2 is 2.31 bits per heavy atom. The maximum atomic E-state index is 13.5. The zero-order valence-corrected chi connectivity index (χ0v) is 15.4. The van der Waals surface area contributed by atoms with Crippen LogP contribution in [0.25, 0.3) is 0 Å². The Bertz CT molecular complexity index is 759. The third-order valence-corrected chi connectivity index (χ3v) is 4.99. The molecule has 3 rings (SSSR count). The van der Waals surface area contributed by atoms with Gasteiger partial charge in [0, 0.05) is 31.6 Å². The van der Waals surface area contributed by atoms with Gasteiger partial charge in [-0.2, -0.15) is 0 Å². The lowest BCUT2D eigenvalue weighted by Crippen LogP contribution is -2.34. The van der Waals surface area contributed by atoms with Crippen LogP contribution in [-0.2, 0) is 13.0 Å². The summed E-state index contributed by atoms with van der Waals surface area (Å²) >= 11 is 0. The minimum absolute atomic E-state index is 0.196. The van der Waals surface area contributed by atoms with Crippen LogP contribution in [0.3, 0.4) is 0 Å². The summed E-state index contributed by atoms with van der Waals surface area (Å²) in [6.07, 6.45) is 5.56. The van der Waals surface area contributed by atoms with Gasteiger partial charge in [-0.3, -0.25) is 9.69 Å². The first-order valence-corrected chi connectivity index (χ1v) is 9.28. The van der Waals surface area contributed by atoms with Gasteiger partial charge in [0.2, 0.25) is 0 Å². The highest BCUT2D eigenvalue weighted by molar-refractivity contribution is 5.95. The van der Waals surface area contributed by atoms with Gasteiger partial charge in [-0.1, -0.05) is 13.0 Å². The number of carbonyl (C=O) groups is 1. The first-order valence-electron chi connectivity index (χ1n) is 9.28. The van der Waals surface area contributed by atoms with Crippen molar-refractivity contribution in [1.82, 2.24) is 15.2 Å². The molecule has 2 aromatic rings. The normalized spacial score (nSPS) is 17.6. The number of amides is 1. The molecule has 26 heavy (non-hydrogen) atoms. The third kappa shape index (κ3) is 4.49. The van der Waals surface area contributed by atoms with E-state index in [9.17, 15) is 9.18 Å². The van der Waals surface area contributed by atoms with E-state index in [-0.39, 0.29) is 11.7 Å². The second-order valence-corrected chi connectivity index (χ2v) is 6.82. The summed E-state index contributed by atoms with van der Waals surface area (Å²) in [5.74, 6) is 0.111. The highest BCUT2D eigenvalue weighted by Crippen LogP contribution is 2.22. The summed E-state index contributed by atoms with van der Waals surface area (Å²) in [6, 6.07) is 4.83. The van der Waals surface area contributed by atoms with E-state index in [4.69, 9.17) is 4.42 Å². The Hall–Kier alpha value is -2.21. The van der Waals surface area contributed by atoms with Crippen LogP contribution in [0, 0.1) is 12.7 Å². The first kappa shape index (κ1) is 18.6. The van der Waals surface area contributed by atoms with Crippen molar-refractivity contribution >= 4 is 5.91 Å². The molecule has 1 aliphatic heterocycles. The fourth-order valence-electron chi connectivity index (χ4n) is 3.64. The van der Waals surface area contributed by atoms with E-state index >= 15 is 0 Å². The van der Waals surface area contributed by atoms with Crippen molar-refractivity contribution < 1.29 is 13.6 Å². The van der Waals surface area contributed by atoms with Crippen LogP contribution in [0.15, 0.2) is 28.9 Å². The smallest absolute Gasteiger partial charge is 0.251 e. The molecule has 0 radical (unpaired) electrons. The zero-order chi connectivity index (χ0) is 18.5. The highest BCUT2D eigenvalue weighted by atomic mass is 19.1. The van der Waals surface area contributed by atoms with Crippen molar-refractivity contribution in [1.29, 1.82) is 0 Å². The molecule has 1 aromatic carbocycles. The molecule has 0 aliphatic carbocycles. The Kier molecular flexibility index (Phi) is 6.04. The molecule has 1 fully saturated rings. The van der Waals surface area contributed by atoms with E-state index in [1.165, 1.54) is 12.1 Å². The van der Waals surface area contributed by atoms with Crippen LogP contribution in [0.2, 0.25) is 0 Å². The van der Waals surface area contributed by atoms with E-state index in [1.807, 2.05) is 13.8 Å². The van der Waals surface area contributed by atoms with E-state index in [1.54, 1.807) is 12.3 Å². The predicted octanol–water partition coefficient (Wildman–Crippen LogP) is 3.47. The van der Waals surface area contributed by atoms with Gasteiger partial charge in [0.25, 0.3) is 5.91 Å². The maximum absolute atomic E-state index is 13.5. The number of benzene rings is 1. The molecule has 6 heteroatoms. The number of aromatic nitrogens is 1. The molecule has 1 atom stereocenters. The van der Waals surface area contributed by atoms with Crippen LogP contribution in [-0.4, -0.2) is 34.9 Å². The van der Waals surface area contributed by atoms with Crippen molar-refractivity contribution in [3.63, 3.8) is 0 Å². The summed E-state index contributed by atoms with van der Waals surface area (Å²) < 4.78 is 18.7. The van der Waals surface area contributed by atoms with Gasteiger partial charge in [0.1, 0.15) is 12.1 Å². The Balaban J connectivity index is 1.52. The molecule has 140 valence electrons. The molecule has 1 amide bonds. The number of hydrogen-bond acceptors (Lipinski definition) is 4. The fourth-order valence-corrected chi connectivity index (χ4v) is 3.64. The average Bonchev–Trinajstić information content (AvgIpc) is 3.24. The molecule has 0 unspecified atom stereocenters. The lowest BCUT2D eigenvalue weighted by molar-refractivity contribution is 0.0947. The number of carbonyl (C=O) groups excluding carboxylic acids is 1. The fraction of sp³-hybridized carbons (Fsp3) is 0.500. The monoisotopic (exact) mass is 359 g/mol. The van der Waals surface area contributed by atoms with E-state index in [0.29, 0.717) is 30.5 Å². The van der Waals surface area contributed by atoms with Gasteiger partial charge < -0.3 is 9.73 Å². The molecule has 5 nitrogen and oxygen atoms in total. The number of halogens is 1. The molecule has 1 N–H and O–H groups in total. The average molecular weight is 359 g/mol. The van der Waals surface area contributed by atoms with E-state index in [0.717, 1.165) is 43.6 Å². The first-order chi connectivity index (χ1) is 12.6. The van der Waals surface area contributed by atoms with Gasteiger partial charge in [0.15, 0.2) is 5.89 Å². The van der Waals surface area contributed by atoms with Crippen molar-refractivity contribution in [3.05, 3.63) is 53.0 Å². The Morgan fingerprint density at radius 1 is 1.46 bits per heavy atom. The van der Waals surface area contributed by atoms with Crippen LogP contribution < -0.4 is 5.32 Å². The summed E-state index contributed by atoms with van der Waals surface area (Å²) in [5.41, 5.74) is 2.26. The number of oxazole rings is 1. The Labute approximate surface area is 153 Å². The van der Waals surface area contributed by atoms with E-state index in [2.05, 4.69) is 15.2 Å². The van der Waals surface area contributed by atoms with Crippen molar-refractivity contribution in [2.75, 3.05) is 13.1 Å². The van der Waals surface area contributed by atoms with Crippen molar-refractivity contribution in [3.8, 4) is 0 Å².